The predicted octanol–water partition coefficient (Wildman–Crippen LogP) is 3.59. The number of nitro benzene ring substituents is 1. The average Bonchev–Trinajstić information content (AvgIpc) is 2.77. The van der Waals surface area contributed by atoms with Gasteiger partial charge in [0, 0.05) is 13.1 Å². The van der Waals surface area contributed by atoms with Gasteiger partial charge in [-0.15, -0.1) is 0 Å². The van der Waals surface area contributed by atoms with E-state index in [1.807, 2.05) is 0 Å². The van der Waals surface area contributed by atoms with E-state index in [0.29, 0.717) is 0 Å². The number of methoxy groups -OCH3 is 1. The third-order valence-corrected chi connectivity index (χ3v) is 6.63. The molecule has 0 saturated carbocycles. The number of hydrogen-bond acceptors (Lipinski definition) is 8. The third-order valence-electron chi connectivity index (χ3n) is 4.57. The molecule has 0 unspecified atom stereocenters. The highest BCUT2D eigenvalue weighted by Crippen LogP contribution is 2.36. The van der Waals surface area contributed by atoms with Crippen LogP contribution in [-0.2, 0) is 21.4 Å². The fourth-order valence-corrected chi connectivity index (χ4v) is 4.38. The van der Waals surface area contributed by atoms with Crippen LogP contribution in [0.15, 0.2) is 41.3 Å². The molecule has 0 aliphatic rings. The molecule has 0 N–H and O–H groups in total. The monoisotopic (exact) mass is 488 g/mol. The first kappa shape index (κ1) is 25.9. The second kappa shape index (κ2) is 11.0. The van der Waals surface area contributed by atoms with Crippen molar-refractivity contribution in [2.24, 2.45) is 0 Å². The lowest BCUT2D eigenvalue weighted by molar-refractivity contribution is -0.386. The van der Waals surface area contributed by atoms with Gasteiger partial charge in [0.2, 0.25) is 10.0 Å². The summed E-state index contributed by atoms with van der Waals surface area (Å²) in [6.45, 7) is 0.175. The van der Waals surface area contributed by atoms with Crippen LogP contribution < -0.4 is 9.47 Å². The summed E-state index contributed by atoms with van der Waals surface area (Å²) in [6.07, 6.45) is 0. The first-order valence-electron chi connectivity index (χ1n) is 9.62. The zero-order valence-corrected chi connectivity index (χ0v) is 18.8. The van der Waals surface area contributed by atoms with Crippen LogP contribution in [0.2, 0.25) is 0 Å². The summed E-state index contributed by atoms with van der Waals surface area (Å²) in [5.74, 6) is -1.62. The van der Waals surface area contributed by atoms with E-state index in [9.17, 15) is 32.1 Å². The number of alkyl halides is 2. The second-order valence-corrected chi connectivity index (χ2v) is 8.40. The number of hydrogen-bond donors (Lipinski definition) is 0. The van der Waals surface area contributed by atoms with Gasteiger partial charge in [0.25, 0.3) is 5.69 Å². The number of rotatable bonds is 11. The van der Waals surface area contributed by atoms with Crippen molar-refractivity contribution in [3.05, 3.63) is 57.6 Å². The van der Waals surface area contributed by atoms with Crippen LogP contribution in [0.1, 0.15) is 29.8 Å². The molecule has 180 valence electrons. The molecule has 33 heavy (non-hydrogen) atoms. The number of carbonyl (C=O) groups excluding carboxylic acids is 1. The standard InChI is InChI=1S/C20H22F2N2O8S/c1-4-23(5-2)33(28,29)15-8-6-13(7-9-15)19(25)31-12-14-10-17(30-3)18(32-20(21)22)11-16(14)24(26)27/h6-11,20H,4-5,12H2,1-3H3. The van der Waals surface area contributed by atoms with Crippen molar-refractivity contribution in [1.29, 1.82) is 0 Å². The minimum Gasteiger partial charge on any atom is -0.493 e. The first-order chi connectivity index (χ1) is 15.5. The van der Waals surface area contributed by atoms with E-state index in [1.165, 1.54) is 28.6 Å². The highest BCUT2D eigenvalue weighted by atomic mass is 32.2. The summed E-state index contributed by atoms with van der Waals surface area (Å²) in [7, 11) is -2.55. The fourth-order valence-electron chi connectivity index (χ4n) is 2.93. The topological polar surface area (TPSA) is 125 Å². The van der Waals surface area contributed by atoms with Gasteiger partial charge < -0.3 is 14.2 Å². The third kappa shape index (κ3) is 6.14. The molecule has 0 saturated heterocycles. The highest BCUT2D eigenvalue weighted by Gasteiger charge is 2.24. The Kier molecular flexibility index (Phi) is 8.65. The molecule has 0 aromatic heterocycles. The normalized spacial score (nSPS) is 11.5. The fraction of sp³-hybridized carbons (Fsp3) is 0.350. The molecule has 0 fully saturated rings. The number of sulfonamides is 1. The molecule has 0 heterocycles. The molecular weight excluding hydrogens is 466 g/mol. The van der Waals surface area contributed by atoms with E-state index in [-0.39, 0.29) is 34.9 Å². The molecule has 0 atom stereocenters. The number of carbonyl (C=O) groups is 1. The molecule has 2 aromatic carbocycles. The summed E-state index contributed by atoms with van der Waals surface area (Å²) >= 11 is 0. The van der Waals surface area contributed by atoms with Gasteiger partial charge in [-0.1, -0.05) is 13.8 Å². The minimum absolute atomic E-state index is 0.00209. The molecule has 10 nitrogen and oxygen atoms in total. The molecule has 13 heteroatoms. The average molecular weight is 488 g/mol. The number of benzene rings is 2. The number of nitro groups is 1. The maximum absolute atomic E-state index is 12.5. The largest absolute Gasteiger partial charge is 0.493 e. The Bertz CT molecular complexity index is 1100. The van der Waals surface area contributed by atoms with Crippen LogP contribution in [0.3, 0.4) is 0 Å². The second-order valence-electron chi connectivity index (χ2n) is 6.46. The van der Waals surface area contributed by atoms with Crippen molar-refractivity contribution in [3.8, 4) is 11.5 Å². The van der Waals surface area contributed by atoms with Crippen molar-refractivity contribution in [2.45, 2.75) is 32.0 Å². The lowest BCUT2D eigenvalue weighted by atomic mass is 10.1. The maximum atomic E-state index is 12.5. The molecule has 2 aromatic rings. The summed E-state index contributed by atoms with van der Waals surface area (Å²) in [5, 5.41) is 11.3. The summed E-state index contributed by atoms with van der Waals surface area (Å²) < 4.78 is 65.6. The van der Waals surface area contributed by atoms with Gasteiger partial charge in [-0.05, 0) is 30.3 Å². The van der Waals surface area contributed by atoms with Crippen LogP contribution in [0.5, 0.6) is 11.5 Å². The quantitative estimate of drug-likeness (QED) is 0.267. The molecule has 0 amide bonds. The zero-order valence-electron chi connectivity index (χ0n) is 18.0. The van der Waals surface area contributed by atoms with Gasteiger partial charge in [0.05, 0.1) is 34.1 Å². The van der Waals surface area contributed by atoms with Crippen molar-refractivity contribution in [2.75, 3.05) is 20.2 Å². The minimum atomic E-state index is -3.71. The lowest BCUT2D eigenvalue weighted by Gasteiger charge is -2.18. The van der Waals surface area contributed by atoms with E-state index >= 15 is 0 Å². The van der Waals surface area contributed by atoms with E-state index in [2.05, 4.69) is 4.74 Å². The van der Waals surface area contributed by atoms with Crippen molar-refractivity contribution < 1.29 is 41.1 Å². The molecule has 0 radical (unpaired) electrons. The Hall–Kier alpha value is -3.32. The SMILES string of the molecule is CCN(CC)S(=O)(=O)c1ccc(C(=O)OCc2cc(OC)c(OC(F)F)cc2[N+](=O)[O-])cc1. The predicted molar refractivity (Wildman–Crippen MR) is 112 cm³/mol. The number of halogens is 2. The van der Waals surface area contributed by atoms with Gasteiger partial charge >= 0.3 is 12.6 Å². The van der Waals surface area contributed by atoms with Gasteiger partial charge in [0.1, 0.15) is 6.61 Å². The van der Waals surface area contributed by atoms with Gasteiger partial charge in [0.15, 0.2) is 11.5 Å². The summed E-state index contributed by atoms with van der Waals surface area (Å²) in [6, 6.07) is 6.84. The van der Waals surface area contributed by atoms with E-state index in [4.69, 9.17) is 9.47 Å². The van der Waals surface area contributed by atoms with Crippen molar-refractivity contribution in [1.82, 2.24) is 4.31 Å². The number of nitrogens with zero attached hydrogens (tertiary/aromatic N) is 2. The Morgan fingerprint density at radius 3 is 2.21 bits per heavy atom. The smallest absolute Gasteiger partial charge is 0.387 e. The first-order valence-corrected chi connectivity index (χ1v) is 11.1. The molecule has 2 rings (SSSR count). The molecule has 0 bridgehead atoms. The van der Waals surface area contributed by atoms with Crippen LogP contribution in [-0.4, -0.2) is 50.4 Å². The van der Waals surface area contributed by atoms with Gasteiger partial charge in [-0.3, -0.25) is 10.1 Å². The van der Waals surface area contributed by atoms with E-state index in [0.717, 1.165) is 19.2 Å². The Balaban J connectivity index is 2.23. The summed E-state index contributed by atoms with van der Waals surface area (Å²) in [4.78, 5) is 22.9. The Morgan fingerprint density at radius 2 is 1.73 bits per heavy atom. The summed E-state index contributed by atoms with van der Waals surface area (Å²) in [5.41, 5.74) is -0.715. The van der Waals surface area contributed by atoms with Gasteiger partial charge in [-0.2, -0.15) is 13.1 Å². The van der Waals surface area contributed by atoms with Crippen molar-refractivity contribution >= 4 is 21.7 Å². The molecule has 0 aliphatic heterocycles. The van der Waals surface area contributed by atoms with Crippen LogP contribution >= 0.6 is 0 Å². The zero-order chi connectivity index (χ0) is 24.8. The number of ether oxygens (including phenoxy) is 3. The van der Waals surface area contributed by atoms with Crippen molar-refractivity contribution in [3.63, 3.8) is 0 Å². The van der Waals surface area contributed by atoms with E-state index < -0.39 is 45.6 Å². The lowest BCUT2D eigenvalue weighted by Crippen LogP contribution is -2.30. The molecule has 0 spiro atoms. The molecular formula is C20H22F2N2O8S. The maximum Gasteiger partial charge on any atom is 0.387 e. The Labute approximate surface area is 188 Å². The van der Waals surface area contributed by atoms with Gasteiger partial charge in [-0.25, -0.2) is 13.2 Å². The molecule has 0 aliphatic carbocycles. The van der Waals surface area contributed by atoms with Crippen LogP contribution in [0, 0.1) is 10.1 Å². The van der Waals surface area contributed by atoms with Crippen LogP contribution in [0.4, 0.5) is 14.5 Å². The van der Waals surface area contributed by atoms with Crippen LogP contribution in [0.25, 0.3) is 0 Å². The Morgan fingerprint density at radius 1 is 1.12 bits per heavy atom. The number of esters is 1. The highest BCUT2D eigenvalue weighted by molar-refractivity contribution is 7.89. The van der Waals surface area contributed by atoms with E-state index in [1.54, 1.807) is 13.8 Å².